The van der Waals surface area contributed by atoms with E-state index in [0.717, 1.165) is 6.42 Å². The molecule has 1 aliphatic heterocycles. The lowest BCUT2D eigenvalue weighted by Crippen LogP contribution is -2.43. The topological polar surface area (TPSA) is 67.9 Å². The van der Waals surface area contributed by atoms with Crippen molar-refractivity contribution in [3.63, 3.8) is 0 Å². The number of anilines is 1. The number of carbonyl (C=O) groups excluding carboxylic acids is 2. The van der Waals surface area contributed by atoms with Gasteiger partial charge in [0, 0.05) is 24.7 Å². The molecule has 1 atom stereocenters. The van der Waals surface area contributed by atoms with Gasteiger partial charge in [-0.3, -0.25) is 9.59 Å². The van der Waals surface area contributed by atoms with E-state index in [1.807, 2.05) is 0 Å². The molecule has 0 unspecified atom stereocenters. The maximum absolute atomic E-state index is 13.1. The molecule has 1 heterocycles. The lowest BCUT2D eigenvalue weighted by Gasteiger charge is -2.32. The Morgan fingerprint density at radius 2 is 1.86 bits per heavy atom. The van der Waals surface area contributed by atoms with Crippen molar-refractivity contribution >= 4 is 17.5 Å². The Morgan fingerprint density at radius 3 is 2.54 bits per heavy atom. The molecule has 0 bridgehead atoms. The van der Waals surface area contributed by atoms with E-state index in [1.54, 1.807) is 30.2 Å². The Labute approximate surface area is 163 Å². The lowest BCUT2D eigenvalue weighted by molar-refractivity contribution is -0.121. The third-order valence-electron chi connectivity index (χ3n) is 4.84. The number of benzene rings is 2. The molecule has 2 aromatic carbocycles. The van der Waals surface area contributed by atoms with E-state index < -0.39 is 0 Å². The molecule has 2 aromatic rings. The van der Waals surface area contributed by atoms with Gasteiger partial charge in [0.2, 0.25) is 5.91 Å². The molecule has 1 fully saturated rings. The van der Waals surface area contributed by atoms with Crippen LogP contribution in [0.25, 0.3) is 0 Å². The first-order valence-electron chi connectivity index (χ1n) is 9.09. The van der Waals surface area contributed by atoms with E-state index in [0.29, 0.717) is 42.3 Å². The zero-order valence-corrected chi connectivity index (χ0v) is 15.9. The monoisotopic (exact) mass is 386 g/mol. The number of nitrogens with one attached hydrogen (secondary N) is 1. The van der Waals surface area contributed by atoms with Crippen molar-refractivity contribution in [3.8, 4) is 11.5 Å². The number of carbonyl (C=O) groups is 2. The van der Waals surface area contributed by atoms with E-state index in [4.69, 9.17) is 9.47 Å². The maximum atomic E-state index is 13.1. The quantitative estimate of drug-likeness (QED) is 0.856. The molecule has 148 valence electrons. The number of hydrogen-bond donors (Lipinski definition) is 1. The minimum atomic E-state index is -0.388. The van der Waals surface area contributed by atoms with E-state index in [9.17, 15) is 14.0 Å². The number of rotatable bonds is 5. The lowest BCUT2D eigenvalue weighted by atomic mass is 9.96. The van der Waals surface area contributed by atoms with Gasteiger partial charge in [-0.25, -0.2) is 4.39 Å². The van der Waals surface area contributed by atoms with Gasteiger partial charge in [-0.15, -0.1) is 0 Å². The first-order chi connectivity index (χ1) is 13.5. The highest BCUT2D eigenvalue weighted by molar-refractivity contribution is 5.97. The van der Waals surface area contributed by atoms with E-state index >= 15 is 0 Å². The van der Waals surface area contributed by atoms with Gasteiger partial charge >= 0.3 is 0 Å². The van der Waals surface area contributed by atoms with Crippen LogP contribution in [-0.2, 0) is 4.79 Å². The largest absolute Gasteiger partial charge is 0.497 e. The minimum absolute atomic E-state index is 0.167. The second-order valence-electron chi connectivity index (χ2n) is 6.65. The zero-order chi connectivity index (χ0) is 20.1. The molecule has 1 saturated heterocycles. The SMILES string of the molecule is COc1ccc(NC(=O)[C@H]2CCCN(C(=O)c3ccc(F)cc3)C2)c(OC)c1. The highest BCUT2D eigenvalue weighted by Crippen LogP contribution is 2.30. The average Bonchev–Trinajstić information content (AvgIpc) is 2.74. The molecular formula is C21H23FN2O4. The fourth-order valence-corrected chi connectivity index (χ4v) is 3.29. The second-order valence-corrected chi connectivity index (χ2v) is 6.65. The van der Waals surface area contributed by atoms with Gasteiger partial charge in [0.15, 0.2) is 0 Å². The Hall–Kier alpha value is -3.09. The van der Waals surface area contributed by atoms with Crippen LogP contribution in [0.15, 0.2) is 42.5 Å². The Balaban J connectivity index is 1.67. The molecule has 0 spiro atoms. The van der Waals surface area contributed by atoms with Crippen LogP contribution < -0.4 is 14.8 Å². The van der Waals surface area contributed by atoms with Crippen molar-refractivity contribution in [1.29, 1.82) is 0 Å². The van der Waals surface area contributed by atoms with Crippen LogP contribution in [0.1, 0.15) is 23.2 Å². The summed E-state index contributed by atoms with van der Waals surface area (Å²) in [5, 5.41) is 2.88. The van der Waals surface area contributed by atoms with Crippen molar-refractivity contribution in [1.82, 2.24) is 4.90 Å². The highest BCUT2D eigenvalue weighted by Gasteiger charge is 2.29. The molecule has 3 rings (SSSR count). The van der Waals surface area contributed by atoms with Crippen molar-refractivity contribution in [2.75, 3.05) is 32.6 Å². The summed E-state index contributed by atoms with van der Waals surface area (Å²) in [5.74, 6) is 0.0526. The van der Waals surface area contributed by atoms with E-state index in [-0.39, 0.29) is 23.5 Å². The first-order valence-corrected chi connectivity index (χ1v) is 9.09. The number of piperidine rings is 1. The van der Waals surface area contributed by atoms with Gasteiger partial charge in [-0.05, 0) is 49.2 Å². The molecule has 1 N–H and O–H groups in total. The van der Waals surface area contributed by atoms with Crippen LogP contribution in [0.3, 0.4) is 0 Å². The molecule has 2 amide bonds. The standard InChI is InChI=1S/C21H23FN2O4/c1-27-17-9-10-18(19(12-17)28-2)23-20(25)15-4-3-11-24(13-15)21(26)14-5-7-16(22)8-6-14/h5-10,12,15H,3-4,11,13H2,1-2H3,(H,23,25)/t15-/m0/s1. The first kappa shape index (κ1) is 19.7. The average molecular weight is 386 g/mol. The summed E-state index contributed by atoms with van der Waals surface area (Å²) in [6.45, 7) is 0.895. The summed E-state index contributed by atoms with van der Waals surface area (Å²) in [6.07, 6.45) is 1.42. The molecule has 0 saturated carbocycles. The van der Waals surface area contributed by atoms with Crippen molar-refractivity contribution in [2.24, 2.45) is 5.92 Å². The third kappa shape index (κ3) is 4.42. The summed E-state index contributed by atoms with van der Waals surface area (Å²) in [4.78, 5) is 27.0. The summed E-state index contributed by atoms with van der Waals surface area (Å²) >= 11 is 0. The van der Waals surface area contributed by atoms with E-state index in [1.165, 1.54) is 31.4 Å². The van der Waals surface area contributed by atoms with Gasteiger partial charge in [-0.1, -0.05) is 0 Å². The summed E-state index contributed by atoms with van der Waals surface area (Å²) in [6, 6.07) is 10.6. The molecule has 0 radical (unpaired) electrons. The van der Waals surface area contributed by atoms with Gasteiger partial charge in [-0.2, -0.15) is 0 Å². The minimum Gasteiger partial charge on any atom is -0.497 e. The third-order valence-corrected chi connectivity index (χ3v) is 4.84. The number of ether oxygens (including phenoxy) is 2. The predicted octanol–water partition coefficient (Wildman–Crippen LogP) is 3.33. The molecular weight excluding hydrogens is 363 g/mol. The summed E-state index contributed by atoms with van der Waals surface area (Å²) in [5.41, 5.74) is 0.967. The Bertz CT molecular complexity index is 854. The Morgan fingerprint density at radius 1 is 1.11 bits per heavy atom. The van der Waals surface area contributed by atoms with Gasteiger partial charge in [0.1, 0.15) is 17.3 Å². The van der Waals surface area contributed by atoms with Crippen LogP contribution in [0.4, 0.5) is 10.1 Å². The number of nitrogens with zero attached hydrogens (tertiary/aromatic N) is 1. The molecule has 0 aliphatic carbocycles. The Kier molecular flexibility index (Phi) is 6.13. The molecule has 0 aromatic heterocycles. The van der Waals surface area contributed by atoms with Crippen LogP contribution in [0, 0.1) is 11.7 Å². The molecule has 1 aliphatic rings. The summed E-state index contributed by atoms with van der Waals surface area (Å²) in [7, 11) is 3.08. The number of amides is 2. The predicted molar refractivity (Wildman–Crippen MR) is 103 cm³/mol. The van der Waals surface area contributed by atoms with Crippen molar-refractivity contribution in [2.45, 2.75) is 12.8 Å². The number of methoxy groups -OCH3 is 2. The van der Waals surface area contributed by atoms with Crippen molar-refractivity contribution in [3.05, 3.63) is 53.8 Å². The fourth-order valence-electron chi connectivity index (χ4n) is 3.29. The number of likely N-dealkylation sites (tertiary alicyclic amines) is 1. The van der Waals surface area contributed by atoms with Crippen LogP contribution in [0.2, 0.25) is 0 Å². The molecule has 28 heavy (non-hydrogen) atoms. The molecule has 7 heteroatoms. The van der Waals surface area contributed by atoms with Crippen LogP contribution in [0.5, 0.6) is 11.5 Å². The van der Waals surface area contributed by atoms with Gasteiger partial charge < -0.3 is 19.7 Å². The van der Waals surface area contributed by atoms with Gasteiger partial charge in [0.25, 0.3) is 5.91 Å². The maximum Gasteiger partial charge on any atom is 0.253 e. The fraction of sp³-hybridized carbons (Fsp3) is 0.333. The number of halogens is 1. The number of hydrogen-bond acceptors (Lipinski definition) is 4. The van der Waals surface area contributed by atoms with Crippen molar-refractivity contribution < 1.29 is 23.5 Å². The summed E-state index contributed by atoms with van der Waals surface area (Å²) < 4.78 is 23.6. The van der Waals surface area contributed by atoms with E-state index in [2.05, 4.69) is 5.32 Å². The van der Waals surface area contributed by atoms with Gasteiger partial charge in [0.05, 0.1) is 25.8 Å². The second kappa shape index (κ2) is 8.73. The normalized spacial score (nSPS) is 16.4. The molecule has 6 nitrogen and oxygen atoms in total. The highest BCUT2D eigenvalue weighted by atomic mass is 19.1. The smallest absolute Gasteiger partial charge is 0.253 e. The van der Waals surface area contributed by atoms with Crippen LogP contribution >= 0.6 is 0 Å². The zero-order valence-electron chi connectivity index (χ0n) is 15.9. The van der Waals surface area contributed by atoms with Crippen LogP contribution in [-0.4, -0.2) is 44.0 Å².